The molecule has 1 amide bonds. The third kappa shape index (κ3) is 4.08. The van der Waals surface area contributed by atoms with Gasteiger partial charge in [0.05, 0.1) is 5.69 Å². The minimum absolute atomic E-state index is 0.0241. The zero-order chi connectivity index (χ0) is 16.1. The third-order valence-corrected chi connectivity index (χ3v) is 3.26. The maximum Gasteiger partial charge on any atom is 0.303 e. The lowest BCUT2D eigenvalue weighted by molar-refractivity contribution is -0.137. The number of nitrogens with zero attached hydrogens (tertiary/aromatic N) is 2. The Morgan fingerprint density at radius 3 is 2.82 bits per heavy atom. The van der Waals surface area contributed by atoms with Crippen LogP contribution in [0.1, 0.15) is 29.0 Å². The molecular formula is C15H16ClN3O3. The summed E-state index contributed by atoms with van der Waals surface area (Å²) in [6.45, 7) is 2.14. The van der Waals surface area contributed by atoms with Gasteiger partial charge in [0.25, 0.3) is 5.91 Å². The van der Waals surface area contributed by atoms with Crippen LogP contribution in [-0.4, -0.2) is 33.3 Å². The van der Waals surface area contributed by atoms with E-state index in [9.17, 15) is 9.59 Å². The Bertz CT molecular complexity index is 697. The Morgan fingerprint density at radius 2 is 2.14 bits per heavy atom. The van der Waals surface area contributed by atoms with Gasteiger partial charge in [0, 0.05) is 23.7 Å². The SMILES string of the molecule is Cc1cc(C(=O)NCCCC(=O)O)nn1-c1cccc(Cl)c1. The maximum atomic E-state index is 12.0. The molecule has 0 spiro atoms. The first-order chi connectivity index (χ1) is 10.5. The summed E-state index contributed by atoms with van der Waals surface area (Å²) in [6, 6.07) is 8.86. The highest BCUT2D eigenvalue weighted by Crippen LogP contribution is 2.16. The molecule has 2 N–H and O–H groups in total. The zero-order valence-corrected chi connectivity index (χ0v) is 12.8. The van der Waals surface area contributed by atoms with Gasteiger partial charge in [-0.05, 0) is 37.6 Å². The molecule has 0 radical (unpaired) electrons. The minimum Gasteiger partial charge on any atom is -0.481 e. The highest BCUT2D eigenvalue weighted by Gasteiger charge is 2.13. The number of aromatic nitrogens is 2. The van der Waals surface area contributed by atoms with Gasteiger partial charge in [-0.25, -0.2) is 4.68 Å². The summed E-state index contributed by atoms with van der Waals surface area (Å²) in [5.41, 5.74) is 1.86. The molecule has 0 aliphatic rings. The average Bonchev–Trinajstić information content (AvgIpc) is 2.85. The number of nitrogens with one attached hydrogen (secondary N) is 1. The summed E-state index contributed by atoms with van der Waals surface area (Å²) in [5.74, 6) is -1.20. The maximum absolute atomic E-state index is 12.0. The number of aliphatic carboxylic acids is 1. The lowest BCUT2D eigenvalue weighted by Crippen LogP contribution is -2.25. The van der Waals surface area contributed by atoms with E-state index in [0.29, 0.717) is 18.0 Å². The fourth-order valence-electron chi connectivity index (χ4n) is 1.99. The van der Waals surface area contributed by atoms with Crippen molar-refractivity contribution in [3.8, 4) is 5.69 Å². The van der Waals surface area contributed by atoms with Crippen LogP contribution in [-0.2, 0) is 4.79 Å². The molecule has 116 valence electrons. The van der Waals surface area contributed by atoms with Gasteiger partial charge in [-0.1, -0.05) is 17.7 Å². The number of rotatable bonds is 6. The molecule has 7 heteroatoms. The Labute approximate surface area is 132 Å². The van der Waals surface area contributed by atoms with Crippen molar-refractivity contribution in [2.45, 2.75) is 19.8 Å². The summed E-state index contributed by atoms with van der Waals surface area (Å²) < 4.78 is 1.64. The highest BCUT2D eigenvalue weighted by atomic mass is 35.5. The van der Waals surface area contributed by atoms with E-state index in [2.05, 4.69) is 10.4 Å². The van der Waals surface area contributed by atoms with E-state index in [0.717, 1.165) is 11.4 Å². The molecule has 1 aromatic carbocycles. The monoisotopic (exact) mass is 321 g/mol. The topological polar surface area (TPSA) is 84.2 Å². The molecule has 0 unspecified atom stereocenters. The first kappa shape index (κ1) is 16.0. The molecule has 0 aliphatic heterocycles. The molecule has 1 aromatic heterocycles. The van der Waals surface area contributed by atoms with Crippen LogP contribution in [0.3, 0.4) is 0 Å². The van der Waals surface area contributed by atoms with Gasteiger partial charge in [-0.3, -0.25) is 9.59 Å². The molecule has 0 saturated carbocycles. The predicted octanol–water partition coefficient (Wildman–Crippen LogP) is 2.43. The second-order valence-electron chi connectivity index (χ2n) is 4.82. The summed E-state index contributed by atoms with van der Waals surface area (Å²) in [5, 5.41) is 16.1. The third-order valence-electron chi connectivity index (χ3n) is 3.03. The summed E-state index contributed by atoms with van der Waals surface area (Å²) in [7, 11) is 0. The number of carbonyl (C=O) groups is 2. The normalized spacial score (nSPS) is 10.5. The molecule has 1 heterocycles. The van der Waals surface area contributed by atoms with Crippen LogP contribution in [0.25, 0.3) is 5.69 Å². The number of amides is 1. The summed E-state index contributed by atoms with van der Waals surface area (Å²) in [4.78, 5) is 22.4. The quantitative estimate of drug-likeness (QED) is 0.800. The van der Waals surface area contributed by atoms with Crippen LogP contribution in [0.5, 0.6) is 0 Å². The molecule has 0 bridgehead atoms. The van der Waals surface area contributed by atoms with Crippen LogP contribution in [0.4, 0.5) is 0 Å². The van der Waals surface area contributed by atoms with E-state index < -0.39 is 5.97 Å². The molecule has 0 atom stereocenters. The van der Waals surface area contributed by atoms with Gasteiger partial charge < -0.3 is 10.4 Å². The van der Waals surface area contributed by atoms with Gasteiger partial charge >= 0.3 is 5.97 Å². The standard InChI is InChI=1S/C15H16ClN3O3/c1-10-8-13(15(22)17-7-3-6-14(20)21)18-19(10)12-5-2-4-11(16)9-12/h2,4-5,8-9H,3,6-7H2,1H3,(H,17,22)(H,20,21). The van der Waals surface area contributed by atoms with Gasteiger partial charge in [0.2, 0.25) is 0 Å². The number of aryl methyl sites for hydroxylation is 1. The fourth-order valence-corrected chi connectivity index (χ4v) is 2.17. The summed E-state index contributed by atoms with van der Waals surface area (Å²) in [6.07, 6.45) is 0.408. The Kier molecular flexibility index (Phi) is 5.16. The molecular weight excluding hydrogens is 306 g/mol. The predicted molar refractivity (Wildman–Crippen MR) is 82.5 cm³/mol. The Morgan fingerprint density at radius 1 is 1.36 bits per heavy atom. The first-order valence-electron chi connectivity index (χ1n) is 6.80. The summed E-state index contributed by atoms with van der Waals surface area (Å²) >= 11 is 5.96. The van der Waals surface area contributed by atoms with Gasteiger partial charge in [0.15, 0.2) is 5.69 Å². The van der Waals surface area contributed by atoms with Crippen molar-refractivity contribution in [2.75, 3.05) is 6.54 Å². The van der Waals surface area contributed by atoms with E-state index in [1.807, 2.05) is 19.1 Å². The zero-order valence-electron chi connectivity index (χ0n) is 12.0. The van der Waals surface area contributed by atoms with Crippen molar-refractivity contribution in [3.05, 3.63) is 46.7 Å². The minimum atomic E-state index is -0.879. The molecule has 2 rings (SSSR count). The first-order valence-corrected chi connectivity index (χ1v) is 7.18. The van der Waals surface area contributed by atoms with Crippen LogP contribution >= 0.6 is 11.6 Å². The number of hydrogen-bond donors (Lipinski definition) is 2. The van der Waals surface area contributed by atoms with E-state index in [1.165, 1.54) is 0 Å². The number of hydrogen-bond acceptors (Lipinski definition) is 3. The molecule has 0 fully saturated rings. The lowest BCUT2D eigenvalue weighted by Gasteiger charge is -2.04. The van der Waals surface area contributed by atoms with Crippen molar-refractivity contribution in [1.29, 1.82) is 0 Å². The molecule has 0 aliphatic carbocycles. The number of carboxylic acid groups (broad SMARTS) is 1. The van der Waals surface area contributed by atoms with Gasteiger partial charge in [-0.2, -0.15) is 5.10 Å². The molecule has 6 nitrogen and oxygen atoms in total. The molecule has 0 saturated heterocycles. The second-order valence-corrected chi connectivity index (χ2v) is 5.25. The highest BCUT2D eigenvalue weighted by molar-refractivity contribution is 6.30. The van der Waals surface area contributed by atoms with Crippen LogP contribution in [0, 0.1) is 6.92 Å². The largest absolute Gasteiger partial charge is 0.481 e. The fraction of sp³-hybridized carbons (Fsp3) is 0.267. The van der Waals surface area contributed by atoms with Crippen LogP contribution in [0.2, 0.25) is 5.02 Å². The van der Waals surface area contributed by atoms with Crippen molar-refractivity contribution < 1.29 is 14.7 Å². The van der Waals surface area contributed by atoms with Gasteiger partial charge in [-0.15, -0.1) is 0 Å². The van der Waals surface area contributed by atoms with Crippen molar-refractivity contribution in [2.24, 2.45) is 0 Å². The second kappa shape index (κ2) is 7.09. The van der Waals surface area contributed by atoms with Crippen LogP contribution in [0.15, 0.2) is 30.3 Å². The van der Waals surface area contributed by atoms with E-state index >= 15 is 0 Å². The number of halogens is 1. The van der Waals surface area contributed by atoms with Crippen LogP contribution < -0.4 is 5.32 Å². The smallest absolute Gasteiger partial charge is 0.303 e. The molecule has 22 heavy (non-hydrogen) atoms. The lowest BCUT2D eigenvalue weighted by atomic mass is 10.3. The van der Waals surface area contributed by atoms with E-state index in [1.54, 1.807) is 22.9 Å². The number of carbonyl (C=O) groups excluding carboxylic acids is 1. The van der Waals surface area contributed by atoms with Crippen molar-refractivity contribution in [3.63, 3.8) is 0 Å². The average molecular weight is 322 g/mol. The number of benzene rings is 1. The number of carboxylic acids is 1. The van der Waals surface area contributed by atoms with E-state index in [-0.39, 0.29) is 18.0 Å². The van der Waals surface area contributed by atoms with Crippen molar-refractivity contribution in [1.82, 2.24) is 15.1 Å². The molecule has 2 aromatic rings. The Hall–Kier alpha value is -2.34. The van der Waals surface area contributed by atoms with E-state index in [4.69, 9.17) is 16.7 Å². The van der Waals surface area contributed by atoms with Gasteiger partial charge in [0.1, 0.15) is 0 Å². The Balaban J connectivity index is 2.06. The van der Waals surface area contributed by atoms with Crippen molar-refractivity contribution >= 4 is 23.5 Å².